The van der Waals surface area contributed by atoms with Gasteiger partial charge in [0, 0.05) is 6.54 Å². The molecule has 5 aromatic rings. The highest BCUT2D eigenvalue weighted by Crippen LogP contribution is 2.35. The molecule has 0 aliphatic heterocycles. The van der Waals surface area contributed by atoms with Crippen molar-refractivity contribution in [3.8, 4) is 11.5 Å². The van der Waals surface area contributed by atoms with Crippen molar-refractivity contribution < 1.29 is 45.4 Å². The minimum Gasteiger partial charge on any atom is -0.491 e. The molecule has 0 aliphatic rings. The number of ether oxygens (including phenoxy) is 2. The molecule has 18 heteroatoms. The number of sulfonamides is 1. The highest BCUT2D eigenvalue weighted by Gasteiger charge is 2.45. The molecule has 260 valence electrons. The van der Waals surface area contributed by atoms with Gasteiger partial charge in [-0.05, 0) is 66.4 Å². The van der Waals surface area contributed by atoms with Crippen molar-refractivity contribution in [1.29, 1.82) is 0 Å². The van der Waals surface area contributed by atoms with E-state index in [0.29, 0.717) is 38.5 Å². The van der Waals surface area contributed by atoms with Crippen molar-refractivity contribution in [1.82, 2.24) is 20.0 Å². The van der Waals surface area contributed by atoms with Gasteiger partial charge in [0.1, 0.15) is 37.1 Å². The topological polar surface area (TPSA) is 186 Å². The molecular weight excluding hydrogens is 693 g/mol. The number of fused-ring (bicyclic) bond motifs is 1. The Morgan fingerprint density at radius 1 is 1.00 bits per heavy atom. The Bertz CT molecular complexity index is 2020. The fourth-order valence-corrected chi connectivity index (χ4v) is 6.98. The number of thiazole rings is 1. The predicted octanol–water partition coefficient (Wildman–Crippen LogP) is 4.32. The summed E-state index contributed by atoms with van der Waals surface area (Å²) in [4.78, 5) is 16.9. The van der Waals surface area contributed by atoms with Crippen molar-refractivity contribution >= 4 is 37.5 Å². The fraction of sp³-hybridized carbons (Fsp3) is 0.290. The van der Waals surface area contributed by atoms with E-state index in [2.05, 4.69) is 15.3 Å². The molecule has 0 amide bonds. The molecule has 0 fully saturated rings. The number of primary sulfonamides is 1. The summed E-state index contributed by atoms with van der Waals surface area (Å²) >= 11 is 0.879. The fourth-order valence-electron chi connectivity index (χ4n) is 5.29. The molecule has 3 aromatic carbocycles. The van der Waals surface area contributed by atoms with Crippen LogP contribution in [0.1, 0.15) is 22.4 Å². The second-order valence-corrected chi connectivity index (χ2v) is 13.8. The van der Waals surface area contributed by atoms with Crippen LogP contribution >= 0.6 is 11.3 Å². The van der Waals surface area contributed by atoms with Crippen LogP contribution in [0, 0.1) is 5.92 Å². The lowest BCUT2D eigenvalue weighted by molar-refractivity contribution is -0.146. The Balaban J connectivity index is 1.46. The summed E-state index contributed by atoms with van der Waals surface area (Å²) in [5.41, 5.74) is 5.68. The van der Waals surface area contributed by atoms with Crippen molar-refractivity contribution in [3.63, 3.8) is 0 Å². The first-order chi connectivity index (χ1) is 23.2. The van der Waals surface area contributed by atoms with Crippen molar-refractivity contribution in [2.24, 2.45) is 16.8 Å². The van der Waals surface area contributed by atoms with Gasteiger partial charge in [0.15, 0.2) is 0 Å². The lowest BCUT2D eigenvalue weighted by Crippen LogP contribution is -2.53. The Kier molecular flexibility index (Phi) is 10.5. The smallest absolute Gasteiger partial charge is 0.416 e. The zero-order chi connectivity index (χ0) is 35.4. The van der Waals surface area contributed by atoms with Crippen LogP contribution in [-0.4, -0.2) is 59.3 Å². The molecule has 0 spiro atoms. The highest BCUT2D eigenvalue weighted by atomic mass is 32.2. The molecule has 0 unspecified atom stereocenters. The van der Waals surface area contributed by atoms with Crippen LogP contribution in [0.5, 0.6) is 11.5 Å². The number of aromatic nitrogens is 4. The zero-order valence-electron chi connectivity index (χ0n) is 25.5. The molecule has 0 bridgehead atoms. The van der Waals surface area contributed by atoms with E-state index in [1.807, 2.05) is 0 Å². The molecular formula is C31H30F4N6O6S2. The lowest BCUT2D eigenvalue weighted by atomic mass is 9.75. The summed E-state index contributed by atoms with van der Waals surface area (Å²) < 4.78 is 88.4. The molecule has 12 nitrogen and oxygen atoms in total. The van der Waals surface area contributed by atoms with Gasteiger partial charge in [-0.1, -0.05) is 29.5 Å². The molecule has 0 saturated carbocycles. The maximum absolute atomic E-state index is 13.2. The van der Waals surface area contributed by atoms with E-state index in [9.17, 15) is 35.9 Å². The van der Waals surface area contributed by atoms with E-state index in [0.717, 1.165) is 23.5 Å². The van der Waals surface area contributed by atoms with Crippen LogP contribution in [0.3, 0.4) is 0 Å². The third-order valence-corrected chi connectivity index (χ3v) is 10.1. The minimum absolute atomic E-state index is 0.0164. The van der Waals surface area contributed by atoms with Crippen LogP contribution < -0.4 is 20.3 Å². The molecule has 5 N–H and O–H groups in total. The number of rotatable bonds is 15. The van der Waals surface area contributed by atoms with Crippen LogP contribution in [0.4, 0.5) is 17.6 Å². The average Bonchev–Trinajstić information content (AvgIpc) is 3.72. The largest absolute Gasteiger partial charge is 0.491 e. The first kappa shape index (κ1) is 35.7. The molecule has 0 radical (unpaired) electrons. The summed E-state index contributed by atoms with van der Waals surface area (Å²) in [5.74, 6) is -1.80. The summed E-state index contributed by atoms with van der Waals surface area (Å²) in [6, 6.07) is 15.5. The maximum atomic E-state index is 13.2. The van der Waals surface area contributed by atoms with Gasteiger partial charge in [-0.3, -0.25) is 4.79 Å². The SMILES string of the molecule is NC[C@@](Cc1ccc(OCCF)cc1)([C@@H](Cc1ccc(C(F)(F)F)cc1)C(=O)O)n1cc(COc2ccc3nc(S(N)(=O)=O)sc3c2)nn1. The van der Waals surface area contributed by atoms with Gasteiger partial charge in [-0.2, -0.15) is 13.2 Å². The predicted molar refractivity (Wildman–Crippen MR) is 170 cm³/mol. The number of benzene rings is 3. The normalized spacial score (nSPS) is 14.0. The summed E-state index contributed by atoms with van der Waals surface area (Å²) in [5, 5.41) is 24.1. The summed E-state index contributed by atoms with van der Waals surface area (Å²) in [6.07, 6.45) is -3.25. The van der Waals surface area contributed by atoms with Crippen LogP contribution in [0.25, 0.3) is 10.2 Å². The third-order valence-electron chi connectivity index (χ3n) is 7.77. The Morgan fingerprint density at radius 2 is 1.67 bits per heavy atom. The van der Waals surface area contributed by atoms with E-state index < -0.39 is 45.9 Å². The molecule has 5 rings (SSSR count). The minimum atomic E-state index is -4.56. The average molecular weight is 723 g/mol. The maximum Gasteiger partial charge on any atom is 0.416 e. The number of carboxylic acid groups (broad SMARTS) is 1. The van der Waals surface area contributed by atoms with E-state index >= 15 is 0 Å². The number of carboxylic acids is 1. The van der Waals surface area contributed by atoms with E-state index in [1.54, 1.807) is 42.5 Å². The van der Waals surface area contributed by atoms with Crippen LogP contribution in [0.15, 0.2) is 77.3 Å². The van der Waals surface area contributed by atoms with Crippen molar-refractivity contribution in [2.75, 3.05) is 19.8 Å². The number of hydrogen-bond donors (Lipinski definition) is 3. The van der Waals surface area contributed by atoms with Gasteiger partial charge in [0.2, 0.25) is 4.34 Å². The van der Waals surface area contributed by atoms with Gasteiger partial charge in [0.05, 0.1) is 33.4 Å². The standard InChI is InChI=1S/C31H30F4N6O6S2/c32-11-12-46-23-7-3-20(4-8-23)15-30(18-36,25(28(42)43)13-19-1-5-21(6-2-19)31(33,34)35)41-16-22(39-40-41)17-47-24-9-10-26-27(14-24)48-29(38-26)49(37,44)45/h1-10,14,16,25H,11-13,15,17-18,36H2,(H,42,43)(H2,37,44,45)/t25-,30-/m0/s1. The zero-order valence-corrected chi connectivity index (χ0v) is 27.1. The molecule has 0 saturated heterocycles. The molecule has 2 aromatic heterocycles. The second-order valence-electron chi connectivity index (χ2n) is 11.1. The van der Waals surface area contributed by atoms with Crippen LogP contribution in [-0.2, 0) is 46.0 Å². The number of alkyl halides is 4. The number of halogens is 4. The van der Waals surface area contributed by atoms with E-state index in [-0.39, 0.29) is 36.9 Å². The highest BCUT2D eigenvalue weighted by molar-refractivity contribution is 7.91. The first-order valence-corrected chi connectivity index (χ1v) is 16.9. The van der Waals surface area contributed by atoms with Gasteiger partial charge in [-0.25, -0.2) is 27.6 Å². The van der Waals surface area contributed by atoms with E-state index in [1.165, 1.54) is 23.0 Å². The van der Waals surface area contributed by atoms with Crippen molar-refractivity contribution in [2.45, 2.75) is 35.5 Å². The van der Waals surface area contributed by atoms with Gasteiger partial charge in [0.25, 0.3) is 10.0 Å². The van der Waals surface area contributed by atoms with Gasteiger partial charge in [-0.15, -0.1) is 16.4 Å². The molecule has 49 heavy (non-hydrogen) atoms. The molecule has 2 atom stereocenters. The quantitative estimate of drug-likeness (QED) is 0.132. The number of nitrogens with two attached hydrogens (primary N) is 2. The van der Waals surface area contributed by atoms with Crippen molar-refractivity contribution in [3.05, 3.63) is 95.3 Å². The second kappa shape index (κ2) is 14.5. The number of aliphatic carboxylic acids is 1. The monoisotopic (exact) mass is 722 g/mol. The Labute approximate surface area is 281 Å². The Hall–Kier alpha value is -4.65. The summed E-state index contributed by atoms with van der Waals surface area (Å²) in [7, 11) is -3.99. The lowest BCUT2D eigenvalue weighted by Gasteiger charge is -2.38. The number of hydrogen-bond acceptors (Lipinski definition) is 10. The van der Waals surface area contributed by atoms with Crippen LogP contribution in [0.2, 0.25) is 0 Å². The van der Waals surface area contributed by atoms with Gasteiger partial charge >= 0.3 is 12.1 Å². The third kappa shape index (κ3) is 8.33. The number of carbonyl (C=O) groups is 1. The van der Waals surface area contributed by atoms with E-state index in [4.69, 9.17) is 20.3 Å². The van der Waals surface area contributed by atoms with Gasteiger partial charge < -0.3 is 20.3 Å². The number of nitrogens with zero attached hydrogens (tertiary/aromatic N) is 4. The molecule has 2 heterocycles. The summed E-state index contributed by atoms with van der Waals surface area (Å²) in [6.45, 7) is -1.20. The first-order valence-electron chi connectivity index (χ1n) is 14.6. The molecule has 0 aliphatic carbocycles. The Morgan fingerprint density at radius 3 is 2.29 bits per heavy atom.